The van der Waals surface area contributed by atoms with E-state index in [2.05, 4.69) is 43.4 Å². The van der Waals surface area contributed by atoms with Gasteiger partial charge >= 0.3 is 5.97 Å². The van der Waals surface area contributed by atoms with Gasteiger partial charge in [-0.05, 0) is 48.7 Å². The van der Waals surface area contributed by atoms with Gasteiger partial charge in [0.1, 0.15) is 10.8 Å². The van der Waals surface area contributed by atoms with Crippen LogP contribution >= 0.6 is 11.6 Å². The summed E-state index contributed by atoms with van der Waals surface area (Å²) in [6.07, 6.45) is 3.61. The van der Waals surface area contributed by atoms with Crippen LogP contribution in [0.25, 0.3) is 22.0 Å². The van der Waals surface area contributed by atoms with Crippen molar-refractivity contribution in [2.45, 2.75) is 13.8 Å². The molecule has 4 N–H and O–H groups in total. The summed E-state index contributed by atoms with van der Waals surface area (Å²) in [4.78, 5) is 28.6. The van der Waals surface area contributed by atoms with Gasteiger partial charge in [0.15, 0.2) is 0 Å². The second-order valence-corrected chi connectivity index (χ2v) is 9.67. The van der Waals surface area contributed by atoms with Crippen LogP contribution in [0.3, 0.4) is 0 Å². The van der Waals surface area contributed by atoms with Crippen molar-refractivity contribution in [1.29, 1.82) is 0 Å². The van der Waals surface area contributed by atoms with Crippen LogP contribution in [0.4, 0.5) is 23.1 Å². The van der Waals surface area contributed by atoms with Gasteiger partial charge in [-0.1, -0.05) is 29.8 Å². The quantitative estimate of drug-likeness (QED) is 0.339. The minimum Gasteiger partial charge on any atom is -0.480 e. The van der Waals surface area contributed by atoms with E-state index in [1.165, 1.54) is 0 Å². The van der Waals surface area contributed by atoms with Gasteiger partial charge in [-0.25, -0.2) is 15.0 Å². The van der Waals surface area contributed by atoms with E-state index in [1.54, 1.807) is 12.4 Å². The molecule has 0 bridgehead atoms. The van der Waals surface area contributed by atoms with E-state index < -0.39 is 5.97 Å². The summed E-state index contributed by atoms with van der Waals surface area (Å²) in [5.74, 6) is 0.0936. The first-order valence-electron chi connectivity index (χ1n) is 12.0. The van der Waals surface area contributed by atoms with Gasteiger partial charge in [0.25, 0.3) is 0 Å². The van der Waals surface area contributed by atoms with Crippen LogP contribution in [-0.4, -0.2) is 63.7 Å². The molecule has 3 heterocycles. The van der Waals surface area contributed by atoms with E-state index >= 15 is 0 Å². The molecule has 1 aliphatic rings. The second kappa shape index (κ2) is 10.2. The number of nitrogens with two attached hydrogens (primary N) is 1. The van der Waals surface area contributed by atoms with Gasteiger partial charge in [0.2, 0.25) is 5.95 Å². The number of fused-ring (bicyclic) bond motifs is 1. The third-order valence-electron chi connectivity index (χ3n) is 6.59. The molecule has 2 aromatic carbocycles. The number of carbonyl (C=O) groups is 1. The molecular formula is C27H28ClN7O2. The number of piperazine rings is 1. The molecule has 1 aliphatic heterocycles. The smallest absolute Gasteiger partial charge is 0.317 e. The lowest BCUT2D eigenvalue weighted by Gasteiger charge is -2.33. The molecule has 0 amide bonds. The number of hydrogen-bond acceptors (Lipinski definition) is 8. The molecule has 0 unspecified atom stereocenters. The van der Waals surface area contributed by atoms with E-state index in [0.29, 0.717) is 42.8 Å². The number of hydrogen-bond donors (Lipinski definition) is 3. The molecule has 5 rings (SSSR count). The molecule has 190 valence electrons. The van der Waals surface area contributed by atoms with Gasteiger partial charge < -0.3 is 21.1 Å². The molecule has 1 fully saturated rings. The van der Waals surface area contributed by atoms with Crippen molar-refractivity contribution in [3.63, 3.8) is 0 Å². The van der Waals surface area contributed by atoms with E-state index in [0.717, 1.165) is 38.8 Å². The summed E-state index contributed by atoms with van der Waals surface area (Å²) in [7, 11) is 0. The predicted molar refractivity (Wildman–Crippen MR) is 148 cm³/mol. The first kappa shape index (κ1) is 24.7. The summed E-state index contributed by atoms with van der Waals surface area (Å²) in [6, 6.07) is 12.1. The minimum atomic E-state index is -0.809. The molecule has 10 heteroatoms. The fraction of sp³-hybridized carbons (Fsp3) is 0.259. The fourth-order valence-corrected chi connectivity index (χ4v) is 4.69. The van der Waals surface area contributed by atoms with Gasteiger partial charge in [-0.3, -0.25) is 9.69 Å². The van der Waals surface area contributed by atoms with Crippen molar-refractivity contribution in [3.05, 3.63) is 64.9 Å². The number of aromatic nitrogens is 3. The summed E-state index contributed by atoms with van der Waals surface area (Å²) in [6.45, 7) is 6.83. The van der Waals surface area contributed by atoms with Crippen molar-refractivity contribution in [2.75, 3.05) is 48.7 Å². The Morgan fingerprint density at radius 3 is 2.49 bits per heavy atom. The van der Waals surface area contributed by atoms with Crippen molar-refractivity contribution < 1.29 is 9.90 Å². The number of anilines is 4. The Bertz CT molecular complexity index is 1470. The summed E-state index contributed by atoms with van der Waals surface area (Å²) >= 11 is 6.64. The Morgan fingerprint density at radius 2 is 1.78 bits per heavy atom. The van der Waals surface area contributed by atoms with Crippen LogP contribution in [-0.2, 0) is 4.79 Å². The molecule has 1 saturated heterocycles. The lowest BCUT2D eigenvalue weighted by atomic mass is 10.0. The number of nitrogens with zero attached hydrogens (tertiary/aromatic N) is 5. The molecule has 4 aromatic rings. The summed E-state index contributed by atoms with van der Waals surface area (Å²) < 4.78 is 0. The SMILES string of the molecule is Cc1ccc(C)c(Nc2c(Cl)c(N)nc3ccc(-c4cnc(N5CCN(CC(=O)O)CC5)nc4)cc23)c1. The maximum Gasteiger partial charge on any atom is 0.317 e. The van der Waals surface area contributed by atoms with E-state index in [9.17, 15) is 4.79 Å². The number of pyridine rings is 1. The second-order valence-electron chi connectivity index (χ2n) is 9.29. The van der Waals surface area contributed by atoms with Gasteiger partial charge in [-0.2, -0.15) is 0 Å². The standard InChI is InChI=1S/C27H28ClN7O2/c1-16-3-4-17(2)22(11-16)32-25-20-12-18(5-6-21(20)33-26(29)24(25)28)19-13-30-27(31-14-19)35-9-7-34(8-10-35)15-23(36)37/h3-6,11-14H,7-10,15H2,1-2H3,(H,36,37)(H3,29,32,33). The van der Waals surface area contributed by atoms with Gasteiger partial charge in [0, 0.05) is 55.2 Å². The van der Waals surface area contributed by atoms with Crippen LogP contribution in [0.2, 0.25) is 5.02 Å². The molecule has 0 spiro atoms. The Morgan fingerprint density at radius 1 is 1.05 bits per heavy atom. The maximum absolute atomic E-state index is 10.9. The van der Waals surface area contributed by atoms with E-state index in [-0.39, 0.29) is 12.4 Å². The third-order valence-corrected chi connectivity index (χ3v) is 6.97. The topological polar surface area (TPSA) is 120 Å². The molecule has 0 radical (unpaired) electrons. The number of aryl methyl sites for hydroxylation is 2. The first-order chi connectivity index (χ1) is 17.8. The average molecular weight is 518 g/mol. The summed E-state index contributed by atoms with van der Waals surface area (Å²) in [5.41, 5.74) is 12.5. The lowest BCUT2D eigenvalue weighted by molar-refractivity contribution is -0.138. The Balaban J connectivity index is 1.43. The number of aliphatic carboxylic acids is 1. The molecule has 37 heavy (non-hydrogen) atoms. The normalized spacial score (nSPS) is 14.2. The number of nitrogen functional groups attached to an aromatic ring is 1. The number of rotatable bonds is 6. The zero-order chi connectivity index (χ0) is 26.1. The lowest BCUT2D eigenvalue weighted by Crippen LogP contribution is -2.48. The largest absolute Gasteiger partial charge is 0.480 e. The highest BCUT2D eigenvalue weighted by molar-refractivity contribution is 6.37. The molecule has 9 nitrogen and oxygen atoms in total. The van der Waals surface area contributed by atoms with Crippen LogP contribution in [0.1, 0.15) is 11.1 Å². The highest BCUT2D eigenvalue weighted by atomic mass is 35.5. The number of carboxylic acid groups (broad SMARTS) is 1. The van der Waals surface area contributed by atoms with Crippen molar-refractivity contribution >= 4 is 51.6 Å². The van der Waals surface area contributed by atoms with Crippen molar-refractivity contribution in [1.82, 2.24) is 19.9 Å². The number of halogens is 1. The van der Waals surface area contributed by atoms with Gasteiger partial charge in [-0.15, -0.1) is 0 Å². The van der Waals surface area contributed by atoms with Crippen molar-refractivity contribution in [3.8, 4) is 11.1 Å². The highest BCUT2D eigenvalue weighted by Gasteiger charge is 2.20. The molecule has 0 atom stereocenters. The van der Waals surface area contributed by atoms with E-state index in [4.69, 9.17) is 22.4 Å². The minimum absolute atomic E-state index is 0.0560. The van der Waals surface area contributed by atoms with Gasteiger partial charge in [0.05, 0.1) is 17.7 Å². The van der Waals surface area contributed by atoms with Crippen LogP contribution < -0.4 is 16.0 Å². The molecule has 2 aromatic heterocycles. The maximum atomic E-state index is 10.9. The van der Waals surface area contributed by atoms with E-state index in [1.807, 2.05) is 36.9 Å². The van der Waals surface area contributed by atoms with Crippen LogP contribution in [0.15, 0.2) is 48.8 Å². The fourth-order valence-electron chi connectivity index (χ4n) is 4.50. The highest BCUT2D eigenvalue weighted by Crippen LogP contribution is 2.38. The number of benzene rings is 2. The Labute approximate surface area is 219 Å². The number of carboxylic acids is 1. The Hall–Kier alpha value is -3.95. The van der Waals surface area contributed by atoms with Crippen molar-refractivity contribution in [2.24, 2.45) is 0 Å². The summed E-state index contributed by atoms with van der Waals surface area (Å²) in [5, 5.41) is 13.7. The zero-order valence-electron chi connectivity index (χ0n) is 20.7. The Kier molecular flexibility index (Phi) is 6.82. The first-order valence-corrected chi connectivity index (χ1v) is 12.4. The molecule has 0 saturated carbocycles. The zero-order valence-corrected chi connectivity index (χ0v) is 21.5. The van der Waals surface area contributed by atoms with Crippen LogP contribution in [0, 0.1) is 13.8 Å². The number of nitrogens with one attached hydrogen (secondary N) is 1. The average Bonchev–Trinajstić information content (AvgIpc) is 2.89. The third kappa shape index (κ3) is 5.28. The van der Waals surface area contributed by atoms with Crippen LogP contribution in [0.5, 0.6) is 0 Å². The monoisotopic (exact) mass is 517 g/mol. The molecule has 0 aliphatic carbocycles. The molecular weight excluding hydrogens is 490 g/mol. The predicted octanol–water partition coefficient (Wildman–Crippen LogP) is 4.49.